The molecule has 4 heterocycles. The van der Waals surface area contributed by atoms with E-state index in [1.54, 1.807) is 58.2 Å². The summed E-state index contributed by atoms with van der Waals surface area (Å²) in [5.41, 5.74) is 9.79. The molecule has 0 aliphatic carbocycles. The van der Waals surface area contributed by atoms with Gasteiger partial charge in [0, 0.05) is 36.3 Å². The Kier molecular flexibility index (Phi) is 10.1. The van der Waals surface area contributed by atoms with Gasteiger partial charge in [-0.15, -0.1) is 0 Å². The van der Waals surface area contributed by atoms with Crippen molar-refractivity contribution >= 4 is 27.0 Å². The van der Waals surface area contributed by atoms with Crippen molar-refractivity contribution < 1.29 is 50.7 Å². The Labute approximate surface area is 277 Å². The van der Waals surface area contributed by atoms with Gasteiger partial charge in [0.25, 0.3) is 24.3 Å². The van der Waals surface area contributed by atoms with Crippen LogP contribution in [-0.4, -0.2) is 50.6 Å². The molecular formula is C32H50N4O9P2+2. The highest BCUT2D eigenvalue weighted by Gasteiger charge is 2.62. The minimum Gasteiger partial charge on any atom is -0.365 e. The summed E-state index contributed by atoms with van der Waals surface area (Å²) in [7, 11) is -7.79. The maximum atomic E-state index is 13.5. The Morgan fingerprint density at radius 3 is 1.36 bits per heavy atom. The molecule has 0 aromatic carbocycles. The molecule has 2 aliphatic rings. The summed E-state index contributed by atoms with van der Waals surface area (Å²) >= 11 is 0. The molecule has 4 unspecified atom stereocenters. The first-order chi connectivity index (χ1) is 21.4. The first-order valence-electron chi connectivity index (χ1n) is 15.5. The number of pyridine rings is 2. The molecule has 2 aromatic heterocycles. The number of carbonyl (C=O) groups excluding carboxylic acids is 2. The Morgan fingerprint density at radius 2 is 1.04 bits per heavy atom. The van der Waals surface area contributed by atoms with E-state index < -0.39 is 73.3 Å². The second-order valence-electron chi connectivity index (χ2n) is 14.9. The predicted octanol–water partition coefficient (Wildman–Crippen LogP) is 4.75. The number of hydrogen-bond donors (Lipinski definition) is 2. The highest BCUT2D eigenvalue weighted by atomic mass is 31.3. The number of primary amides is 2. The fourth-order valence-corrected chi connectivity index (χ4v) is 9.48. The van der Waals surface area contributed by atoms with Gasteiger partial charge >= 0.3 is 15.2 Å². The molecule has 0 radical (unpaired) electrons. The third-order valence-corrected chi connectivity index (χ3v) is 14.3. The van der Waals surface area contributed by atoms with E-state index in [2.05, 4.69) is 0 Å². The third-order valence-electron chi connectivity index (χ3n) is 10.7. The first-order valence-corrected chi connectivity index (χ1v) is 19.5. The van der Waals surface area contributed by atoms with Crippen molar-refractivity contribution in [2.45, 2.75) is 80.1 Å². The van der Waals surface area contributed by atoms with Crippen LogP contribution in [-0.2, 0) is 32.0 Å². The molecule has 13 nitrogen and oxygen atoms in total. The zero-order chi connectivity index (χ0) is 35.4. The summed E-state index contributed by atoms with van der Waals surface area (Å²) in [5.74, 6) is -1.10. The van der Waals surface area contributed by atoms with E-state index in [0.717, 1.165) is 0 Å². The Bertz CT molecular complexity index is 1510. The number of nitrogens with two attached hydrogens (primary N) is 2. The first kappa shape index (κ1) is 37.3. The van der Waals surface area contributed by atoms with Crippen molar-refractivity contribution in [3.63, 3.8) is 0 Å². The van der Waals surface area contributed by atoms with Crippen LogP contribution < -0.4 is 20.6 Å². The van der Waals surface area contributed by atoms with E-state index in [9.17, 15) is 18.7 Å². The molecule has 0 spiro atoms. The molecule has 2 saturated heterocycles. The number of nitrogens with zero attached hydrogens (tertiary/aromatic N) is 2. The maximum Gasteiger partial charge on any atom is 0.334 e. The minimum atomic E-state index is -3.90. The Morgan fingerprint density at radius 1 is 0.702 bits per heavy atom. The summed E-state index contributed by atoms with van der Waals surface area (Å²) in [6.07, 6.45) is 4.85. The second-order valence-corrected chi connectivity index (χ2v) is 19.1. The van der Waals surface area contributed by atoms with Crippen LogP contribution in [0.5, 0.6) is 0 Å². The Hall–Kier alpha value is -2.50. The van der Waals surface area contributed by atoms with E-state index >= 15 is 0 Å². The van der Waals surface area contributed by atoms with Crippen LogP contribution in [0.2, 0.25) is 0 Å². The lowest BCUT2D eigenvalue weighted by Gasteiger charge is -2.36. The summed E-state index contributed by atoms with van der Waals surface area (Å²) in [6, 6.07) is 6.71. The van der Waals surface area contributed by atoms with Gasteiger partial charge in [-0.1, -0.05) is 55.4 Å². The van der Waals surface area contributed by atoms with Crippen LogP contribution in [0.25, 0.3) is 0 Å². The standard InChI is InChI=1S/C32H48N4O9P2/c1-29(2)23(43-27(31(29,5)6)35-15-11-13-21(17-35)25(33)37)19-41-46(9,39)45-47(10,40)42-20-24-30(3,4)32(7,8)28(44-24)36-16-12-14-22(18-36)26(34)38/h11-18,23-24,27-28H,19-20H2,1-10H3,(H2-2,33,34,37,38)/p+2/t23-,24-,27?,28?,46?,47?/m1/s1. The smallest absolute Gasteiger partial charge is 0.334 e. The van der Waals surface area contributed by atoms with Crippen LogP contribution in [0.3, 0.4) is 0 Å². The van der Waals surface area contributed by atoms with E-state index in [1.165, 1.54) is 13.3 Å². The van der Waals surface area contributed by atoms with Gasteiger partial charge in [0.2, 0.25) is 0 Å². The molecule has 2 fully saturated rings. The maximum absolute atomic E-state index is 13.5. The molecule has 2 aliphatic heterocycles. The molecule has 260 valence electrons. The van der Waals surface area contributed by atoms with Gasteiger partial charge in [-0.3, -0.25) is 18.7 Å². The van der Waals surface area contributed by atoms with Gasteiger partial charge in [0.05, 0.1) is 36.3 Å². The number of aromatic nitrogens is 2. The lowest BCUT2D eigenvalue weighted by molar-refractivity contribution is -0.772. The summed E-state index contributed by atoms with van der Waals surface area (Å²) < 4.78 is 60.5. The van der Waals surface area contributed by atoms with Crippen molar-refractivity contribution in [2.75, 3.05) is 26.5 Å². The quantitative estimate of drug-likeness (QED) is 0.234. The topological polar surface area (TPSA) is 174 Å². The van der Waals surface area contributed by atoms with Crippen molar-refractivity contribution in [3.8, 4) is 0 Å². The molecular weight excluding hydrogens is 646 g/mol. The third kappa shape index (κ3) is 7.27. The molecule has 6 atom stereocenters. The molecule has 47 heavy (non-hydrogen) atoms. The van der Waals surface area contributed by atoms with E-state index in [0.29, 0.717) is 11.1 Å². The number of carbonyl (C=O) groups is 2. The van der Waals surface area contributed by atoms with Crippen LogP contribution in [0.4, 0.5) is 0 Å². The lowest BCUT2D eigenvalue weighted by Crippen LogP contribution is -2.48. The zero-order valence-electron chi connectivity index (χ0n) is 29.0. The van der Waals surface area contributed by atoms with Crippen molar-refractivity contribution in [2.24, 2.45) is 33.1 Å². The van der Waals surface area contributed by atoms with Gasteiger partial charge in [0.15, 0.2) is 24.8 Å². The Balaban J connectivity index is 1.41. The number of ether oxygens (including phenoxy) is 2. The zero-order valence-corrected chi connectivity index (χ0v) is 30.7. The molecule has 4 rings (SSSR count). The highest BCUT2D eigenvalue weighted by molar-refractivity contribution is 7.66. The fraction of sp³-hybridized carbons (Fsp3) is 0.625. The van der Waals surface area contributed by atoms with E-state index in [1.807, 2.05) is 55.4 Å². The number of hydrogen-bond acceptors (Lipinski definition) is 9. The highest BCUT2D eigenvalue weighted by Crippen LogP contribution is 2.63. The number of rotatable bonds is 12. The minimum absolute atomic E-state index is 0.104. The van der Waals surface area contributed by atoms with Gasteiger partial charge in [-0.2, -0.15) is 9.13 Å². The van der Waals surface area contributed by atoms with Gasteiger partial charge in [-0.25, -0.2) is 4.31 Å². The molecule has 0 bridgehead atoms. The van der Waals surface area contributed by atoms with Crippen LogP contribution in [0.1, 0.15) is 88.6 Å². The summed E-state index contributed by atoms with van der Waals surface area (Å²) in [4.78, 5) is 23.6. The largest absolute Gasteiger partial charge is 0.365 e. The number of amides is 2. The van der Waals surface area contributed by atoms with E-state index in [-0.39, 0.29) is 13.2 Å². The van der Waals surface area contributed by atoms with Crippen molar-refractivity contribution in [1.29, 1.82) is 0 Å². The lowest BCUT2D eigenvalue weighted by atomic mass is 9.66. The summed E-state index contributed by atoms with van der Waals surface area (Å²) in [5, 5.41) is 0. The second kappa shape index (κ2) is 12.8. The monoisotopic (exact) mass is 696 g/mol. The van der Waals surface area contributed by atoms with Crippen LogP contribution >= 0.6 is 15.2 Å². The van der Waals surface area contributed by atoms with Crippen LogP contribution in [0, 0.1) is 21.7 Å². The molecule has 0 saturated carbocycles. The van der Waals surface area contributed by atoms with Gasteiger partial charge in [-0.05, 0) is 12.1 Å². The fourth-order valence-electron chi connectivity index (χ4n) is 6.13. The summed E-state index contributed by atoms with van der Waals surface area (Å²) in [6.45, 7) is 18.6. The van der Waals surface area contributed by atoms with Crippen molar-refractivity contribution in [3.05, 3.63) is 60.2 Å². The predicted molar refractivity (Wildman–Crippen MR) is 173 cm³/mol. The average Bonchev–Trinajstić information content (AvgIpc) is 3.25. The van der Waals surface area contributed by atoms with Crippen LogP contribution in [0.15, 0.2) is 49.1 Å². The molecule has 4 N–H and O–H groups in total. The molecule has 15 heteroatoms. The van der Waals surface area contributed by atoms with Gasteiger partial charge < -0.3 is 30.0 Å². The van der Waals surface area contributed by atoms with E-state index in [4.69, 9.17) is 34.3 Å². The molecule has 2 amide bonds. The SMILES string of the molecule is CC1(C)C([n+]2cccc(C(N)=O)c2)O[C@H](COP(C)(=O)OP(C)(=O)OC[C@H]2OC([n+]3cccc(C(N)=O)c3)C(C)(C)C2(C)C)C1(C)C. The normalized spacial score (nSPS) is 28.3. The van der Waals surface area contributed by atoms with Gasteiger partial charge in [0.1, 0.15) is 11.1 Å². The molecule has 2 aromatic rings. The van der Waals surface area contributed by atoms with Crippen molar-refractivity contribution in [1.82, 2.24) is 0 Å². The average molecular weight is 697 g/mol.